The number of unbranched alkanes of at least 4 members (excludes halogenated alkanes) is 1. The van der Waals surface area contributed by atoms with Crippen molar-refractivity contribution in [1.82, 2.24) is 0 Å². The van der Waals surface area contributed by atoms with Crippen molar-refractivity contribution in [3.63, 3.8) is 0 Å². The van der Waals surface area contributed by atoms with Gasteiger partial charge >= 0.3 is 5.97 Å². The van der Waals surface area contributed by atoms with Crippen LogP contribution >= 0.6 is 0 Å². The molecule has 0 spiro atoms. The number of cyclic esters (lactones) is 1. The number of carbonyl (C=O) groups is 2. The molecule has 3 heteroatoms. The van der Waals surface area contributed by atoms with E-state index >= 15 is 0 Å². The van der Waals surface area contributed by atoms with Gasteiger partial charge in [-0.15, -0.1) is 0 Å². The summed E-state index contributed by atoms with van der Waals surface area (Å²) < 4.78 is 5.00. The molecule has 0 aliphatic carbocycles. The number of carbonyl (C=O) groups excluding carboxylic acids is 2. The first-order valence-electron chi connectivity index (χ1n) is 6.05. The van der Waals surface area contributed by atoms with E-state index < -0.39 is 0 Å². The molecule has 1 aliphatic heterocycles. The Labute approximate surface area is 96.9 Å². The van der Waals surface area contributed by atoms with Crippen molar-refractivity contribution in [1.29, 1.82) is 0 Å². The van der Waals surface area contributed by atoms with Crippen LogP contribution in [0.3, 0.4) is 0 Å². The van der Waals surface area contributed by atoms with Gasteiger partial charge in [-0.25, -0.2) is 4.79 Å². The molecule has 90 valence electrons. The van der Waals surface area contributed by atoms with E-state index in [1.54, 1.807) is 6.08 Å². The van der Waals surface area contributed by atoms with Gasteiger partial charge in [-0.05, 0) is 31.8 Å². The molecule has 0 aromatic rings. The van der Waals surface area contributed by atoms with Crippen molar-refractivity contribution in [2.45, 2.75) is 52.1 Å². The molecule has 0 aromatic carbocycles. The van der Waals surface area contributed by atoms with Crippen LogP contribution in [0.15, 0.2) is 12.2 Å². The summed E-state index contributed by atoms with van der Waals surface area (Å²) in [5, 5.41) is 0. The van der Waals surface area contributed by atoms with Gasteiger partial charge in [0.05, 0.1) is 0 Å². The number of esters is 1. The fourth-order valence-electron chi connectivity index (χ4n) is 1.69. The van der Waals surface area contributed by atoms with Crippen molar-refractivity contribution < 1.29 is 14.3 Å². The molecule has 0 N–H and O–H groups in total. The molecule has 0 fully saturated rings. The van der Waals surface area contributed by atoms with Crippen LogP contribution in [-0.2, 0) is 14.3 Å². The monoisotopic (exact) mass is 224 g/mol. The van der Waals surface area contributed by atoms with Gasteiger partial charge in [0.15, 0.2) is 0 Å². The normalized spacial score (nSPS) is 20.9. The average Bonchev–Trinajstić information content (AvgIpc) is 2.69. The van der Waals surface area contributed by atoms with Gasteiger partial charge in [0.2, 0.25) is 0 Å². The average molecular weight is 224 g/mol. The number of Topliss-reactive ketones (excluding diaryl/α,β-unsaturated/α-hetero) is 1. The molecule has 0 bridgehead atoms. The molecular formula is C13H20O3. The summed E-state index contributed by atoms with van der Waals surface area (Å²) in [4.78, 5) is 22.3. The van der Waals surface area contributed by atoms with Crippen molar-refractivity contribution in [2.75, 3.05) is 0 Å². The van der Waals surface area contributed by atoms with Crippen LogP contribution < -0.4 is 0 Å². The minimum absolute atomic E-state index is 0.0637. The zero-order valence-electron chi connectivity index (χ0n) is 10.1. The zero-order chi connectivity index (χ0) is 12.0. The highest BCUT2D eigenvalue weighted by Gasteiger charge is 2.16. The molecule has 3 nitrogen and oxygen atoms in total. The second-order valence-electron chi connectivity index (χ2n) is 4.36. The van der Waals surface area contributed by atoms with Gasteiger partial charge in [0, 0.05) is 18.4 Å². The van der Waals surface area contributed by atoms with Crippen LogP contribution in [0.4, 0.5) is 0 Å². The van der Waals surface area contributed by atoms with Crippen LogP contribution in [0.2, 0.25) is 0 Å². The number of hydrogen-bond acceptors (Lipinski definition) is 3. The molecule has 0 radical (unpaired) electrons. The maximum atomic E-state index is 11.5. The summed E-state index contributed by atoms with van der Waals surface area (Å²) in [6.45, 7) is 4.01. The molecule has 0 saturated carbocycles. The molecule has 16 heavy (non-hydrogen) atoms. The second kappa shape index (κ2) is 6.46. The van der Waals surface area contributed by atoms with E-state index in [0.717, 1.165) is 25.7 Å². The van der Waals surface area contributed by atoms with E-state index in [9.17, 15) is 9.59 Å². The maximum absolute atomic E-state index is 11.5. The Morgan fingerprint density at radius 1 is 1.50 bits per heavy atom. The molecule has 1 rings (SSSR count). The largest absolute Gasteiger partial charge is 0.455 e. The molecule has 1 aliphatic rings. The van der Waals surface area contributed by atoms with E-state index in [1.165, 1.54) is 6.08 Å². The quantitative estimate of drug-likeness (QED) is 0.493. The lowest BCUT2D eigenvalue weighted by molar-refractivity contribution is -0.138. The summed E-state index contributed by atoms with van der Waals surface area (Å²) in [7, 11) is 0. The Bertz CT molecular complexity index is 281. The second-order valence-corrected chi connectivity index (χ2v) is 4.36. The summed E-state index contributed by atoms with van der Waals surface area (Å²) >= 11 is 0. The van der Waals surface area contributed by atoms with Gasteiger partial charge in [0.25, 0.3) is 0 Å². The predicted molar refractivity (Wildman–Crippen MR) is 62.0 cm³/mol. The fourth-order valence-corrected chi connectivity index (χ4v) is 1.69. The number of ether oxygens (including phenoxy) is 1. The van der Waals surface area contributed by atoms with Gasteiger partial charge in [-0.1, -0.05) is 13.8 Å². The lowest BCUT2D eigenvalue weighted by Gasteiger charge is -2.09. The molecule has 0 saturated heterocycles. The highest BCUT2D eigenvalue weighted by atomic mass is 16.5. The first kappa shape index (κ1) is 12.9. The van der Waals surface area contributed by atoms with E-state index in [-0.39, 0.29) is 18.0 Å². The summed E-state index contributed by atoms with van der Waals surface area (Å²) in [6, 6.07) is 0. The number of hydrogen-bond donors (Lipinski definition) is 0. The maximum Gasteiger partial charge on any atom is 0.331 e. The highest BCUT2D eigenvalue weighted by Crippen LogP contribution is 2.15. The van der Waals surface area contributed by atoms with E-state index in [1.807, 2.05) is 13.8 Å². The Balaban J connectivity index is 2.06. The topological polar surface area (TPSA) is 43.4 Å². The summed E-state index contributed by atoms with van der Waals surface area (Å²) in [6.07, 6.45) is 7.42. The lowest BCUT2D eigenvalue weighted by Crippen LogP contribution is -2.10. The van der Waals surface area contributed by atoms with Gasteiger partial charge in [0.1, 0.15) is 11.9 Å². The van der Waals surface area contributed by atoms with Crippen molar-refractivity contribution >= 4 is 11.8 Å². The fraction of sp³-hybridized carbons (Fsp3) is 0.692. The zero-order valence-corrected chi connectivity index (χ0v) is 10.1. The van der Waals surface area contributed by atoms with E-state index in [4.69, 9.17) is 4.74 Å². The van der Waals surface area contributed by atoms with Crippen LogP contribution in [0, 0.1) is 5.92 Å². The molecule has 2 atom stereocenters. The number of ketones is 1. The third kappa shape index (κ3) is 4.17. The third-order valence-electron chi connectivity index (χ3n) is 3.04. The smallest absolute Gasteiger partial charge is 0.331 e. The minimum Gasteiger partial charge on any atom is -0.455 e. The van der Waals surface area contributed by atoms with Gasteiger partial charge < -0.3 is 4.74 Å². The molecular weight excluding hydrogens is 204 g/mol. The Hall–Kier alpha value is -1.12. The van der Waals surface area contributed by atoms with Crippen LogP contribution in [-0.4, -0.2) is 17.9 Å². The predicted octanol–water partition coefficient (Wildman–Crippen LogP) is 2.64. The van der Waals surface area contributed by atoms with Crippen LogP contribution in [0.25, 0.3) is 0 Å². The molecule has 0 unspecified atom stereocenters. The summed E-state index contributed by atoms with van der Waals surface area (Å²) in [5.41, 5.74) is 0. The van der Waals surface area contributed by atoms with E-state index in [2.05, 4.69) is 0 Å². The SMILES string of the molecule is CC[C@H](C)C(=O)CCCC[C@H]1C=CC(=O)O1. The Kier molecular flexibility index (Phi) is 5.23. The molecule has 1 heterocycles. The standard InChI is InChI=1S/C13H20O3/c1-3-10(2)12(14)7-5-4-6-11-8-9-13(15)16-11/h8-11H,3-7H2,1-2H3/t10-,11-/m0/s1. The molecule has 0 aromatic heterocycles. The number of rotatable bonds is 7. The molecule has 0 amide bonds. The van der Waals surface area contributed by atoms with Gasteiger partial charge in [-0.2, -0.15) is 0 Å². The Morgan fingerprint density at radius 3 is 2.81 bits per heavy atom. The minimum atomic E-state index is -0.249. The first-order chi connectivity index (χ1) is 7.63. The first-order valence-corrected chi connectivity index (χ1v) is 6.05. The Morgan fingerprint density at radius 2 is 2.25 bits per heavy atom. The lowest BCUT2D eigenvalue weighted by atomic mass is 9.98. The van der Waals surface area contributed by atoms with Crippen molar-refractivity contribution in [2.24, 2.45) is 5.92 Å². The van der Waals surface area contributed by atoms with Crippen LogP contribution in [0.1, 0.15) is 46.0 Å². The van der Waals surface area contributed by atoms with Gasteiger partial charge in [-0.3, -0.25) is 4.79 Å². The van der Waals surface area contributed by atoms with Crippen molar-refractivity contribution in [3.8, 4) is 0 Å². The van der Waals surface area contributed by atoms with Crippen molar-refractivity contribution in [3.05, 3.63) is 12.2 Å². The third-order valence-corrected chi connectivity index (χ3v) is 3.04. The summed E-state index contributed by atoms with van der Waals surface area (Å²) in [5.74, 6) is 0.284. The van der Waals surface area contributed by atoms with E-state index in [0.29, 0.717) is 12.2 Å². The van der Waals surface area contributed by atoms with Crippen LogP contribution in [0.5, 0.6) is 0 Å². The highest BCUT2D eigenvalue weighted by molar-refractivity contribution is 5.84.